The molecule has 0 aliphatic carbocycles. The molecule has 0 fully saturated rings. The monoisotopic (exact) mass is 320 g/mol. The van der Waals surface area contributed by atoms with Crippen molar-refractivity contribution in [1.82, 2.24) is 0 Å². The lowest BCUT2D eigenvalue weighted by atomic mass is 9.78. The predicted molar refractivity (Wildman–Crippen MR) is 76.7 cm³/mol. The molecule has 2 N–H and O–H groups in total. The van der Waals surface area contributed by atoms with E-state index in [0.717, 1.165) is 0 Å². The number of fused-ring (bicyclic) bond motifs is 2. The summed E-state index contributed by atoms with van der Waals surface area (Å²) >= 11 is 0. The van der Waals surface area contributed by atoms with E-state index in [1.165, 1.54) is 31.6 Å². The molecule has 0 spiro atoms. The molecule has 0 bridgehead atoms. The molecule has 7 nitrogen and oxygen atoms in total. The lowest BCUT2D eigenvalue weighted by Crippen LogP contribution is -2.48. The first kappa shape index (κ1) is 15.4. The Morgan fingerprint density at radius 1 is 1.35 bits per heavy atom. The van der Waals surface area contributed by atoms with Crippen molar-refractivity contribution < 1.29 is 34.0 Å². The molecule has 0 aromatic heterocycles. The van der Waals surface area contributed by atoms with Gasteiger partial charge in [-0.05, 0) is 24.6 Å². The van der Waals surface area contributed by atoms with Gasteiger partial charge in [0.05, 0.1) is 19.5 Å². The van der Waals surface area contributed by atoms with Crippen LogP contribution >= 0.6 is 0 Å². The number of aromatic hydroxyl groups is 1. The molecule has 2 heterocycles. The number of hydrogen-bond acceptors (Lipinski definition) is 7. The van der Waals surface area contributed by atoms with Crippen LogP contribution in [-0.2, 0) is 14.3 Å². The van der Waals surface area contributed by atoms with Crippen molar-refractivity contribution in [2.24, 2.45) is 11.8 Å². The van der Waals surface area contributed by atoms with Gasteiger partial charge in [0, 0.05) is 0 Å². The van der Waals surface area contributed by atoms with Gasteiger partial charge in [0.15, 0.2) is 5.78 Å². The number of benzene rings is 1. The van der Waals surface area contributed by atoms with Gasteiger partial charge < -0.3 is 24.4 Å². The Balaban J connectivity index is 2.12. The number of aliphatic hydroxyl groups excluding tert-OH is 1. The average Bonchev–Trinajstić information content (AvgIpc) is 2.65. The SMILES string of the molecule is COC(=O)[C@H]1[C@@H]2C(=O)c3c(O)cccc3O[C@H]2OC=C(C)[C@H]1O. The Kier molecular flexibility index (Phi) is 3.73. The van der Waals surface area contributed by atoms with E-state index >= 15 is 0 Å². The van der Waals surface area contributed by atoms with E-state index in [1.807, 2.05) is 0 Å². The van der Waals surface area contributed by atoms with Gasteiger partial charge in [-0.15, -0.1) is 0 Å². The molecular weight excluding hydrogens is 304 g/mol. The molecular formula is C16H16O7. The summed E-state index contributed by atoms with van der Waals surface area (Å²) in [4.78, 5) is 25.0. The zero-order valence-corrected chi connectivity index (χ0v) is 12.6. The number of aliphatic hydroxyl groups is 1. The summed E-state index contributed by atoms with van der Waals surface area (Å²) in [6.45, 7) is 1.58. The van der Waals surface area contributed by atoms with Crippen molar-refractivity contribution in [2.45, 2.75) is 19.3 Å². The number of methoxy groups -OCH3 is 1. The minimum Gasteiger partial charge on any atom is -0.507 e. The summed E-state index contributed by atoms with van der Waals surface area (Å²) in [6.07, 6.45) is -1.07. The first-order valence-corrected chi connectivity index (χ1v) is 7.06. The van der Waals surface area contributed by atoms with Crippen molar-refractivity contribution >= 4 is 11.8 Å². The Labute approximate surface area is 132 Å². The lowest BCUT2D eigenvalue weighted by Gasteiger charge is -2.34. The van der Waals surface area contributed by atoms with Gasteiger partial charge >= 0.3 is 5.97 Å². The highest BCUT2D eigenvalue weighted by Gasteiger charge is 2.52. The topological polar surface area (TPSA) is 102 Å². The second-order valence-electron chi connectivity index (χ2n) is 5.52. The van der Waals surface area contributed by atoms with Crippen molar-refractivity contribution in [1.29, 1.82) is 0 Å². The molecule has 122 valence electrons. The van der Waals surface area contributed by atoms with Crippen LogP contribution in [0.5, 0.6) is 11.5 Å². The molecule has 1 aromatic carbocycles. The van der Waals surface area contributed by atoms with Gasteiger partial charge in [-0.25, -0.2) is 0 Å². The first-order valence-electron chi connectivity index (χ1n) is 7.06. The summed E-state index contributed by atoms with van der Waals surface area (Å²) in [7, 11) is 1.18. The molecule has 7 heteroatoms. The molecule has 0 saturated heterocycles. The number of ketones is 1. The van der Waals surface area contributed by atoms with Crippen molar-refractivity contribution in [3.8, 4) is 11.5 Å². The Hall–Kier alpha value is -2.54. The van der Waals surface area contributed by atoms with E-state index in [-0.39, 0.29) is 17.1 Å². The molecule has 4 atom stereocenters. The Bertz CT molecular complexity index is 694. The maximum Gasteiger partial charge on any atom is 0.312 e. The normalized spacial score (nSPS) is 29.2. The quantitative estimate of drug-likeness (QED) is 0.744. The highest BCUT2D eigenvalue weighted by atomic mass is 16.7. The number of carbonyl (C=O) groups is 2. The number of ether oxygens (including phenoxy) is 3. The number of carbonyl (C=O) groups excluding carboxylic acids is 2. The molecule has 0 amide bonds. The van der Waals surface area contributed by atoms with Crippen LogP contribution in [0, 0.1) is 11.8 Å². The minimum absolute atomic E-state index is 0.0296. The van der Waals surface area contributed by atoms with Crippen LogP contribution in [0.25, 0.3) is 0 Å². The number of Topliss-reactive ketones (excluding diaryl/α,β-unsaturated/α-hetero) is 1. The van der Waals surface area contributed by atoms with Crippen molar-refractivity contribution in [3.05, 3.63) is 35.6 Å². The minimum atomic E-state index is -1.25. The molecule has 0 unspecified atom stereocenters. The van der Waals surface area contributed by atoms with Crippen LogP contribution < -0.4 is 4.74 Å². The smallest absolute Gasteiger partial charge is 0.312 e. The van der Waals surface area contributed by atoms with Gasteiger partial charge in [0.2, 0.25) is 0 Å². The van der Waals surface area contributed by atoms with E-state index in [4.69, 9.17) is 14.2 Å². The first-order chi connectivity index (χ1) is 11.0. The lowest BCUT2D eigenvalue weighted by molar-refractivity contribution is -0.157. The van der Waals surface area contributed by atoms with Crippen LogP contribution in [0.1, 0.15) is 17.3 Å². The van der Waals surface area contributed by atoms with Gasteiger partial charge in [0.25, 0.3) is 6.29 Å². The number of esters is 1. The molecule has 0 radical (unpaired) electrons. The van der Waals surface area contributed by atoms with Crippen LogP contribution in [0.4, 0.5) is 0 Å². The maximum absolute atomic E-state index is 12.8. The van der Waals surface area contributed by atoms with E-state index in [9.17, 15) is 19.8 Å². The van der Waals surface area contributed by atoms with Gasteiger partial charge in [0.1, 0.15) is 28.9 Å². The van der Waals surface area contributed by atoms with E-state index in [2.05, 4.69) is 0 Å². The second-order valence-corrected chi connectivity index (χ2v) is 5.52. The van der Waals surface area contributed by atoms with E-state index in [1.54, 1.807) is 6.92 Å². The van der Waals surface area contributed by atoms with Gasteiger partial charge in [-0.3, -0.25) is 9.59 Å². The van der Waals surface area contributed by atoms with Crippen LogP contribution in [0.3, 0.4) is 0 Å². The third kappa shape index (κ3) is 2.33. The summed E-state index contributed by atoms with van der Waals surface area (Å²) in [5.41, 5.74) is 0.345. The Morgan fingerprint density at radius 2 is 2.09 bits per heavy atom. The predicted octanol–water partition coefficient (Wildman–Crippen LogP) is 0.994. The van der Waals surface area contributed by atoms with Crippen LogP contribution in [0.2, 0.25) is 0 Å². The molecule has 23 heavy (non-hydrogen) atoms. The molecule has 1 aromatic rings. The molecule has 3 rings (SSSR count). The van der Waals surface area contributed by atoms with Gasteiger partial charge in [-0.2, -0.15) is 0 Å². The maximum atomic E-state index is 12.8. The average molecular weight is 320 g/mol. The molecule has 2 aliphatic heterocycles. The summed E-state index contributed by atoms with van der Waals surface area (Å²) in [5.74, 6) is -3.69. The van der Waals surface area contributed by atoms with E-state index in [0.29, 0.717) is 5.57 Å². The van der Waals surface area contributed by atoms with E-state index < -0.39 is 36.0 Å². The number of phenols is 1. The highest BCUT2D eigenvalue weighted by Crippen LogP contribution is 2.42. The summed E-state index contributed by atoms with van der Waals surface area (Å²) in [6, 6.07) is 4.41. The zero-order valence-electron chi connectivity index (χ0n) is 12.6. The highest BCUT2D eigenvalue weighted by molar-refractivity contribution is 6.05. The zero-order chi connectivity index (χ0) is 16.7. The number of hydrogen-bond donors (Lipinski definition) is 2. The fourth-order valence-electron chi connectivity index (χ4n) is 2.93. The number of phenolic OH excluding ortho intramolecular Hbond substituents is 1. The van der Waals surface area contributed by atoms with Crippen LogP contribution in [0.15, 0.2) is 30.0 Å². The second kappa shape index (κ2) is 5.58. The Morgan fingerprint density at radius 3 is 2.78 bits per heavy atom. The fraction of sp³-hybridized carbons (Fsp3) is 0.375. The van der Waals surface area contributed by atoms with Crippen molar-refractivity contribution in [3.63, 3.8) is 0 Å². The van der Waals surface area contributed by atoms with Crippen LogP contribution in [-0.4, -0.2) is 41.5 Å². The standard InChI is InChI=1S/C16H16O7/c1-7-6-22-16-12(11(13(7)18)15(20)21-2)14(19)10-8(17)4-3-5-9(10)23-16/h3-6,11-13,16-18H,1-2H3/t11-,12+,13+,16+/m0/s1. The number of rotatable bonds is 1. The third-order valence-corrected chi connectivity index (χ3v) is 4.14. The largest absolute Gasteiger partial charge is 0.507 e. The van der Waals surface area contributed by atoms with Crippen molar-refractivity contribution in [2.75, 3.05) is 7.11 Å². The molecule has 2 aliphatic rings. The third-order valence-electron chi connectivity index (χ3n) is 4.14. The summed E-state index contributed by atoms with van der Waals surface area (Å²) in [5, 5.41) is 20.3. The van der Waals surface area contributed by atoms with Gasteiger partial charge in [-0.1, -0.05) is 6.07 Å². The fourth-order valence-corrected chi connectivity index (χ4v) is 2.93. The molecule has 0 saturated carbocycles. The summed E-state index contributed by atoms with van der Waals surface area (Å²) < 4.78 is 15.8.